The molecule has 0 unspecified atom stereocenters. The van der Waals surface area contributed by atoms with E-state index in [1.54, 1.807) is 7.11 Å². The highest BCUT2D eigenvalue weighted by molar-refractivity contribution is 5.28. The van der Waals surface area contributed by atoms with Gasteiger partial charge in [0, 0.05) is 19.7 Å². The molecule has 0 aliphatic rings. The summed E-state index contributed by atoms with van der Waals surface area (Å²) in [5, 5.41) is 10.1. The summed E-state index contributed by atoms with van der Waals surface area (Å²) in [7, 11) is 3.44. The molecule has 1 N–H and O–H groups in total. The average molecular weight is 307 g/mol. The van der Waals surface area contributed by atoms with Crippen LogP contribution in [0.2, 0.25) is 0 Å². The third kappa shape index (κ3) is 6.33. The van der Waals surface area contributed by atoms with Crippen molar-refractivity contribution < 1.29 is 27.8 Å². The topological polar surface area (TPSA) is 41.9 Å². The van der Waals surface area contributed by atoms with E-state index in [1.807, 2.05) is 18.9 Å². The van der Waals surface area contributed by atoms with Gasteiger partial charge in [0.25, 0.3) is 0 Å². The highest BCUT2D eigenvalue weighted by Crippen LogP contribution is 2.24. The number of benzene rings is 1. The molecule has 0 aliphatic heterocycles. The molecule has 0 spiro atoms. The Balaban J connectivity index is 2.60. The van der Waals surface area contributed by atoms with Gasteiger partial charge in [-0.1, -0.05) is 12.1 Å². The summed E-state index contributed by atoms with van der Waals surface area (Å²) in [6, 6.07) is 5.33. The molecule has 1 rings (SSSR count). The summed E-state index contributed by atoms with van der Waals surface area (Å²) in [5.41, 5.74) is 0.529. The van der Waals surface area contributed by atoms with Crippen LogP contribution >= 0.6 is 0 Å². The van der Waals surface area contributed by atoms with Gasteiger partial charge in [0.2, 0.25) is 0 Å². The van der Waals surface area contributed by atoms with Crippen molar-refractivity contribution in [2.75, 3.05) is 27.3 Å². The maximum Gasteiger partial charge on any atom is 0.573 e. The Morgan fingerprint density at radius 2 is 1.81 bits per heavy atom. The second-order valence-electron chi connectivity index (χ2n) is 4.88. The van der Waals surface area contributed by atoms with Gasteiger partial charge in [-0.15, -0.1) is 13.2 Å². The monoisotopic (exact) mass is 307 g/mol. The highest BCUT2D eigenvalue weighted by atomic mass is 19.4. The van der Waals surface area contributed by atoms with Crippen molar-refractivity contribution in [2.24, 2.45) is 0 Å². The molecule has 120 valence electrons. The van der Waals surface area contributed by atoms with E-state index in [9.17, 15) is 18.3 Å². The second-order valence-corrected chi connectivity index (χ2v) is 4.88. The van der Waals surface area contributed by atoms with E-state index in [0.717, 1.165) is 0 Å². The molecule has 21 heavy (non-hydrogen) atoms. The van der Waals surface area contributed by atoms with Crippen LogP contribution in [0.25, 0.3) is 0 Å². The van der Waals surface area contributed by atoms with Crippen LogP contribution in [0.5, 0.6) is 5.75 Å². The molecule has 4 nitrogen and oxygen atoms in total. The lowest BCUT2D eigenvalue weighted by atomic mass is 10.1. The highest BCUT2D eigenvalue weighted by Gasteiger charge is 2.31. The van der Waals surface area contributed by atoms with Gasteiger partial charge < -0.3 is 14.6 Å². The van der Waals surface area contributed by atoms with Crippen molar-refractivity contribution in [3.8, 4) is 5.75 Å². The van der Waals surface area contributed by atoms with Gasteiger partial charge in [-0.05, 0) is 31.7 Å². The van der Waals surface area contributed by atoms with Crippen molar-refractivity contribution >= 4 is 0 Å². The zero-order valence-corrected chi connectivity index (χ0v) is 12.2. The molecule has 2 atom stereocenters. The van der Waals surface area contributed by atoms with Crippen molar-refractivity contribution in [3.63, 3.8) is 0 Å². The maximum atomic E-state index is 12.0. The Bertz CT molecular complexity index is 422. The quantitative estimate of drug-likeness (QED) is 0.841. The molecule has 0 fully saturated rings. The van der Waals surface area contributed by atoms with Gasteiger partial charge in [-0.25, -0.2) is 0 Å². The first kappa shape index (κ1) is 17.7. The largest absolute Gasteiger partial charge is 0.573 e. The van der Waals surface area contributed by atoms with Gasteiger partial charge in [0.05, 0.1) is 12.7 Å². The number of nitrogens with zero attached hydrogens (tertiary/aromatic N) is 1. The molecule has 0 radical (unpaired) electrons. The second kappa shape index (κ2) is 7.63. The van der Waals surface area contributed by atoms with E-state index < -0.39 is 12.5 Å². The Labute approximate surface area is 122 Å². The number of aliphatic hydroxyl groups excluding tert-OH is 1. The normalized spacial score (nSPS) is 15.0. The van der Waals surface area contributed by atoms with Crippen LogP contribution in [-0.2, 0) is 4.74 Å². The number of likely N-dealkylation sites (N-methyl/N-ethyl adjacent to an activating group) is 1. The Kier molecular flexibility index (Phi) is 6.44. The van der Waals surface area contributed by atoms with E-state index in [2.05, 4.69) is 4.74 Å². The predicted octanol–water partition coefficient (Wildman–Crippen LogP) is 2.59. The first-order chi connectivity index (χ1) is 9.73. The Morgan fingerprint density at radius 3 is 2.29 bits per heavy atom. The van der Waals surface area contributed by atoms with E-state index in [-0.39, 0.29) is 11.8 Å². The van der Waals surface area contributed by atoms with Crippen LogP contribution in [0.15, 0.2) is 24.3 Å². The minimum absolute atomic E-state index is 0.123. The molecule has 1 aromatic rings. The van der Waals surface area contributed by atoms with Crippen LogP contribution in [0.1, 0.15) is 18.6 Å². The van der Waals surface area contributed by atoms with Gasteiger partial charge in [0.15, 0.2) is 0 Å². The number of alkyl halides is 3. The maximum absolute atomic E-state index is 12.0. The third-order valence-corrected chi connectivity index (χ3v) is 3.12. The fourth-order valence-corrected chi connectivity index (χ4v) is 1.82. The zero-order chi connectivity index (χ0) is 16.0. The van der Waals surface area contributed by atoms with E-state index in [4.69, 9.17) is 4.74 Å². The number of methoxy groups -OCH3 is 1. The van der Waals surface area contributed by atoms with Crippen molar-refractivity contribution in [3.05, 3.63) is 29.8 Å². The molecule has 0 saturated carbocycles. The van der Waals surface area contributed by atoms with E-state index in [0.29, 0.717) is 18.7 Å². The minimum atomic E-state index is -4.71. The van der Waals surface area contributed by atoms with Crippen LogP contribution in [-0.4, -0.2) is 49.7 Å². The molecule has 0 aromatic heterocycles. The fraction of sp³-hybridized carbons (Fsp3) is 0.571. The molecular formula is C14H20F3NO3. The lowest BCUT2D eigenvalue weighted by Gasteiger charge is -2.26. The molecule has 0 aliphatic carbocycles. The Hall–Kier alpha value is -1.31. The summed E-state index contributed by atoms with van der Waals surface area (Å²) in [6.07, 6.45) is -5.51. The number of hydrogen-bond donors (Lipinski definition) is 1. The van der Waals surface area contributed by atoms with Crippen LogP contribution < -0.4 is 4.74 Å². The van der Waals surface area contributed by atoms with Gasteiger partial charge in [-0.3, -0.25) is 4.90 Å². The first-order valence-corrected chi connectivity index (χ1v) is 6.46. The number of hydrogen-bond acceptors (Lipinski definition) is 4. The smallest absolute Gasteiger partial charge is 0.406 e. The summed E-state index contributed by atoms with van der Waals surface area (Å²) in [6.45, 7) is 2.84. The van der Waals surface area contributed by atoms with Gasteiger partial charge in [0.1, 0.15) is 5.75 Å². The standard InChI is InChI=1S/C14H20F3NO3/c1-10(9-20-3)18(2)8-13(19)11-4-6-12(7-5-11)21-14(15,16)17/h4-7,10,13,19H,8-9H2,1-3H3/t10-,13-/m0/s1. The van der Waals surface area contributed by atoms with Crippen LogP contribution in [0.4, 0.5) is 13.2 Å². The fourth-order valence-electron chi connectivity index (χ4n) is 1.82. The average Bonchev–Trinajstić information content (AvgIpc) is 2.37. The lowest BCUT2D eigenvalue weighted by molar-refractivity contribution is -0.274. The molecule has 0 heterocycles. The number of aliphatic hydroxyl groups is 1. The summed E-state index contributed by atoms with van der Waals surface area (Å²) < 4.78 is 44.9. The van der Waals surface area contributed by atoms with E-state index in [1.165, 1.54) is 24.3 Å². The van der Waals surface area contributed by atoms with E-state index >= 15 is 0 Å². The van der Waals surface area contributed by atoms with Crippen molar-refractivity contribution in [1.29, 1.82) is 0 Å². The predicted molar refractivity (Wildman–Crippen MR) is 72.1 cm³/mol. The van der Waals surface area contributed by atoms with Gasteiger partial charge >= 0.3 is 6.36 Å². The summed E-state index contributed by atoms with van der Waals surface area (Å²) in [4.78, 5) is 1.91. The number of ether oxygens (including phenoxy) is 2. The van der Waals surface area contributed by atoms with Crippen molar-refractivity contribution in [1.82, 2.24) is 4.90 Å². The molecule has 0 bridgehead atoms. The van der Waals surface area contributed by atoms with Crippen LogP contribution in [0, 0.1) is 0 Å². The molecule has 7 heteroatoms. The van der Waals surface area contributed by atoms with Crippen molar-refractivity contribution in [2.45, 2.75) is 25.4 Å². The number of rotatable bonds is 7. The van der Waals surface area contributed by atoms with Gasteiger partial charge in [-0.2, -0.15) is 0 Å². The molecule has 0 saturated heterocycles. The zero-order valence-electron chi connectivity index (χ0n) is 12.2. The third-order valence-electron chi connectivity index (χ3n) is 3.12. The minimum Gasteiger partial charge on any atom is -0.406 e. The summed E-state index contributed by atoms with van der Waals surface area (Å²) in [5.74, 6) is -0.306. The summed E-state index contributed by atoms with van der Waals surface area (Å²) >= 11 is 0. The number of halogens is 3. The molecule has 0 amide bonds. The van der Waals surface area contributed by atoms with Crippen LogP contribution in [0.3, 0.4) is 0 Å². The Morgan fingerprint density at radius 1 is 1.24 bits per heavy atom. The lowest BCUT2D eigenvalue weighted by Crippen LogP contribution is -2.35. The first-order valence-electron chi connectivity index (χ1n) is 6.46. The molecule has 1 aromatic carbocycles. The molecular weight excluding hydrogens is 287 g/mol. The SMILES string of the molecule is COC[C@H](C)N(C)C[C@H](O)c1ccc(OC(F)(F)F)cc1.